The molecule has 2 aromatic carbocycles. The zero-order chi connectivity index (χ0) is 14.0. The lowest BCUT2D eigenvalue weighted by Gasteiger charge is -2.06. The Hall–Kier alpha value is -1.91. The Morgan fingerprint density at radius 1 is 0.900 bits per heavy atom. The molecule has 2 aromatic rings. The number of ether oxygens (including phenoxy) is 1. The van der Waals surface area contributed by atoms with E-state index in [1.165, 1.54) is 0 Å². The fourth-order valence-electron chi connectivity index (χ4n) is 2.19. The maximum Gasteiger partial charge on any atom is 0.204 e. The third-order valence-corrected chi connectivity index (χ3v) is 5.11. The van der Waals surface area contributed by atoms with Crippen LogP contribution in [0.3, 0.4) is 0 Å². The highest BCUT2D eigenvalue weighted by atomic mass is 32.2. The first-order chi connectivity index (χ1) is 9.68. The van der Waals surface area contributed by atoms with Gasteiger partial charge in [0.05, 0.1) is 16.4 Å². The molecule has 0 aromatic heterocycles. The lowest BCUT2D eigenvalue weighted by molar-refractivity contribution is 0.128. The van der Waals surface area contributed by atoms with Crippen LogP contribution in [0.15, 0.2) is 76.5 Å². The molecule has 3 rings (SSSR count). The minimum absolute atomic E-state index is 0.122. The quantitative estimate of drug-likeness (QED) is 0.870. The number of rotatable bonds is 3. The van der Waals surface area contributed by atoms with Gasteiger partial charge in [-0.3, -0.25) is 0 Å². The molecule has 0 amide bonds. The minimum Gasteiger partial charge on any atom is -0.364 e. The lowest BCUT2D eigenvalue weighted by atomic mass is 10.1. The molecule has 0 N–H and O–H groups in total. The second kappa shape index (κ2) is 5.23. The summed E-state index contributed by atoms with van der Waals surface area (Å²) in [6.07, 6.45) is 1.40. The molecule has 1 heterocycles. The first-order valence-electron chi connectivity index (χ1n) is 6.35. The zero-order valence-electron chi connectivity index (χ0n) is 10.8. The number of benzene rings is 2. The van der Waals surface area contributed by atoms with Gasteiger partial charge in [0.25, 0.3) is 0 Å². The summed E-state index contributed by atoms with van der Waals surface area (Å²) < 4.78 is 30.5. The van der Waals surface area contributed by atoms with E-state index in [9.17, 15) is 8.42 Å². The van der Waals surface area contributed by atoms with Crippen molar-refractivity contribution in [3.05, 3.63) is 77.2 Å². The average molecular weight is 286 g/mol. The van der Waals surface area contributed by atoms with Crippen molar-refractivity contribution in [3.8, 4) is 0 Å². The molecule has 1 atom stereocenters. The Balaban J connectivity index is 1.93. The van der Waals surface area contributed by atoms with Crippen LogP contribution in [0.1, 0.15) is 11.7 Å². The standard InChI is InChI=1S/C16H14O3S/c17-20(18,14-9-5-2-6-10-14)15-11-16(19-12-15)13-7-3-1-4-8-13/h1-11,16H,12H2. The van der Waals surface area contributed by atoms with Crippen LogP contribution in [0.25, 0.3) is 0 Å². The maximum atomic E-state index is 12.5. The molecule has 4 heteroatoms. The molecule has 3 nitrogen and oxygen atoms in total. The van der Waals surface area contributed by atoms with Crippen LogP contribution in [0.5, 0.6) is 0 Å². The summed E-state index contributed by atoms with van der Waals surface area (Å²) >= 11 is 0. The monoisotopic (exact) mass is 286 g/mol. The Morgan fingerprint density at radius 2 is 1.50 bits per heavy atom. The van der Waals surface area contributed by atoms with Crippen LogP contribution in [0, 0.1) is 0 Å². The summed E-state index contributed by atoms with van der Waals surface area (Å²) in [5, 5.41) is 0. The second-order valence-electron chi connectivity index (χ2n) is 4.59. The molecule has 0 bridgehead atoms. The molecule has 0 spiro atoms. The van der Waals surface area contributed by atoms with Crippen molar-refractivity contribution in [2.75, 3.05) is 6.61 Å². The SMILES string of the molecule is O=S(=O)(C1=CC(c2ccccc2)OC1)c1ccccc1. The van der Waals surface area contributed by atoms with E-state index in [-0.39, 0.29) is 12.7 Å². The molecule has 0 saturated carbocycles. The summed E-state index contributed by atoms with van der Waals surface area (Å²) in [4.78, 5) is 0.640. The van der Waals surface area contributed by atoms with E-state index in [1.807, 2.05) is 30.3 Å². The van der Waals surface area contributed by atoms with Crippen molar-refractivity contribution < 1.29 is 13.2 Å². The van der Waals surface area contributed by atoms with Crippen LogP contribution in [0.4, 0.5) is 0 Å². The topological polar surface area (TPSA) is 43.4 Å². The summed E-state index contributed by atoms with van der Waals surface area (Å²) in [6.45, 7) is 0.122. The fraction of sp³-hybridized carbons (Fsp3) is 0.125. The molecular weight excluding hydrogens is 272 g/mol. The Kier molecular flexibility index (Phi) is 3.42. The van der Waals surface area contributed by atoms with Gasteiger partial charge in [-0.1, -0.05) is 48.5 Å². The lowest BCUT2D eigenvalue weighted by Crippen LogP contribution is -2.05. The van der Waals surface area contributed by atoms with Gasteiger partial charge < -0.3 is 4.74 Å². The molecular formula is C16H14O3S. The molecule has 0 fully saturated rings. The van der Waals surface area contributed by atoms with Crippen LogP contribution in [0.2, 0.25) is 0 Å². The van der Waals surface area contributed by atoms with Crippen molar-refractivity contribution in [1.29, 1.82) is 0 Å². The van der Waals surface area contributed by atoms with Crippen molar-refractivity contribution in [3.63, 3.8) is 0 Å². The summed E-state index contributed by atoms with van der Waals surface area (Å²) in [5.74, 6) is 0. The van der Waals surface area contributed by atoms with Gasteiger partial charge >= 0.3 is 0 Å². The Bertz CT molecular complexity index is 719. The highest BCUT2D eigenvalue weighted by Gasteiger charge is 2.28. The smallest absolute Gasteiger partial charge is 0.204 e. The molecule has 1 unspecified atom stereocenters. The third-order valence-electron chi connectivity index (χ3n) is 3.27. The number of hydrogen-bond donors (Lipinski definition) is 0. The van der Waals surface area contributed by atoms with Crippen molar-refractivity contribution in [1.82, 2.24) is 0 Å². The zero-order valence-corrected chi connectivity index (χ0v) is 11.6. The summed E-state index contributed by atoms with van der Waals surface area (Å²) in [7, 11) is -3.44. The molecule has 20 heavy (non-hydrogen) atoms. The highest BCUT2D eigenvalue weighted by Crippen LogP contribution is 2.31. The Labute approximate surface area is 118 Å². The first-order valence-corrected chi connectivity index (χ1v) is 7.83. The van der Waals surface area contributed by atoms with E-state index in [2.05, 4.69) is 0 Å². The number of hydrogen-bond acceptors (Lipinski definition) is 3. The Morgan fingerprint density at radius 3 is 2.15 bits per heavy atom. The van der Waals surface area contributed by atoms with Gasteiger partial charge in [-0.25, -0.2) is 8.42 Å². The maximum absolute atomic E-state index is 12.5. The van der Waals surface area contributed by atoms with E-state index in [0.717, 1.165) is 5.56 Å². The molecule has 1 aliphatic heterocycles. The van der Waals surface area contributed by atoms with Crippen LogP contribution in [-0.4, -0.2) is 15.0 Å². The summed E-state index contributed by atoms with van der Waals surface area (Å²) in [6, 6.07) is 18.0. The van der Waals surface area contributed by atoms with Gasteiger partial charge in [0.2, 0.25) is 9.84 Å². The molecule has 1 aliphatic rings. The molecule has 0 saturated heterocycles. The third kappa shape index (κ3) is 2.40. The predicted octanol–water partition coefficient (Wildman–Crippen LogP) is 3.12. The summed E-state index contributed by atoms with van der Waals surface area (Å²) in [5.41, 5.74) is 0.964. The first kappa shape index (κ1) is 13.1. The van der Waals surface area contributed by atoms with Crippen molar-refractivity contribution in [2.24, 2.45) is 0 Å². The van der Waals surface area contributed by atoms with E-state index >= 15 is 0 Å². The predicted molar refractivity (Wildman–Crippen MR) is 76.8 cm³/mol. The number of sulfone groups is 1. The molecule has 0 aliphatic carbocycles. The van der Waals surface area contributed by atoms with E-state index in [1.54, 1.807) is 36.4 Å². The van der Waals surface area contributed by atoms with Crippen LogP contribution in [-0.2, 0) is 14.6 Å². The largest absolute Gasteiger partial charge is 0.364 e. The van der Waals surface area contributed by atoms with E-state index in [4.69, 9.17) is 4.74 Å². The fourth-order valence-corrected chi connectivity index (χ4v) is 3.53. The van der Waals surface area contributed by atoms with Crippen LogP contribution >= 0.6 is 0 Å². The average Bonchev–Trinajstić information content (AvgIpc) is 3.00. The van der Waals surface area contributed by atoms with Gasteiger partial charge in [-0.05, 0) is 23.8 Å². The van der Waals surface area contributed by atoms with Gasteiger partial charge in [0.15, 0.2) is 0 Å². The second-order valence-corrected chi connectivity index (χ2v) is 6.59. The minimum atomic E-state index is -3.44. The van der Waals surface area contributed by atoms with Gasteiger partial charge in [-0.2, -0.15) is 0 Å². The molecule has 0 radical (unpaired) electrons. The molecule has 102 valence electrons. The van der Waals surface area contributed by atoms with Gasteiger partial charge in [0.1, 0.15) is 6.10 Å². The van der Waals surface area contributed by atoms with Crippen molar-refractivity contribution >= 4 is 9.84 Å². The normalized spacial score (nSPS) is 18.8. The van der Waals surface area contributed by atoms with Crippen LogP contribution < -0.4 is 0 Å². The van der Waals surface area contributed by atoms with Gasteiger partial charge in [-0.15, -0.1) is 0 Å². The highest BCUT2D eigenvalue weighted by molar-refractivity contribution is 7.95. The van der Waals surface area contributed by atoms with Crippen molar-refractivity contribution in [2.45, 2.75) is 11.0 Å². The van der Waals surface area contributed by atoms with E-state index < -0.39 is 9.84 Å². The van der Waals surface area contributed by atoms with E-state index in [0.29, 0.717) is 9.80 Å². The van der Waals surface area contributed by atoms with Gasteiger partial charge in [0, 0.05) is 0 Å².